The fourth-order valence-corrected chi connectivity index (χ4v) is 2.96. The third-order valence-electron chi connectivity index (χ3n) is 4.36. The highest BCUT2D eigenvalue weighted by Crippen LogP contribution is 2.15. The van der Waals surface area contributed by atoms with Crippen molar-refractivity contribution in [1.82, 2.24) is 5.32 Å². The lowest BCUT2D eigenvalue weighted by Crippen LogP contribution is -2.31. The van der Waals surface area contributed by atoms with Gasteiger partial charge in [-0.05, 0) is 55.3 Å². The minimum atomic E-state index is -0.318. The molecule has 0 saturated carbocycles. The molecule has 146 valence electrons. The Kier molecular flexibility index (Phi) is 6.39. The summed E-state index contributed by atoms with van der Waals surface area (Å²) in [4.78, 5) is 35.9. The van der Waals surface area contributed by atoms with Gasteiger partial charge in [-0.25, -0.2) is 0 Å². The molecular weight excluding hydrogens is 358 g/mol. The van der Waals surface area contributed by atoms with Crippen LogP contribution in [0.25, 0.3) is 0 Å². The van der Waals surface area contributed by atoms with Crippen LogP contribution in [0.2, 0.25) is 0 Å². The molecule has 3 amide bonds. The predicted molar refractivity (Wildman–Crippen MR) is 106 cm³/mol. The number of carbonyl (C=O) groups excluding carboxylic acids is 3. The van der Waals surface area contributed by atoms with Gasteiger partial charge < -0.3 is 20.7 Å². The van der Waals surface area contributed by atoms with Gasteiger partial charge in [0.05, 0.1) is 6.10 Å². The molecule has 1 atom stereocenters. The Morgan fingerprint density at radius 1 is 0.964 bits per heavy atom. The van der Waals surface area contributed by atoms with Crippen LogP contribution in [-0.2, 0) is 9.53 Å². The van der Waals surface area contributed by atoms with E-state index in [1.807, 2.05) is 0 Å². The zero-order valence-corrected chi connectivity index (χ0v) is 15.7. The molecule has 3 N–H and O–H groups in total. The molecule has 0 spiro atoms. The number of rotatable bonds is 6. The van der Waals surface area contributed by atoms with E-state index in [1.165, 1.54) is 6.92 Å². The first kappa shape index (κ1) is 19.6. The Labute approximate surface area is 163 Å². The second-order valence-electron chi connectivity index (χ2n) is 6.64. The van der Waals surface area contributed by atoms with Crippen molar-refractivity contribution in [1.29, 1.82) is 0 Å². The lowest BCUT2D eigenvalue weighted by molar-refractivity contribution is -0.114. The van der Waals surface area contributed by atoms with E-state index in [0.717, 1.165) is 19.4 Å². The highest BCUT2D eigenvalue weighted by molar-refractivity contribution is 6.06. The molecule has 1 aliphatic rings. The average molecular weight is 381 g/mol. The summed E-state index contributed by atoms with van der Waals surface area (Å²) in [7, 11) is 0. The number of amides is 3. The standard InChI is InChI=1S/C21H23N3O4/c1-14(25)23-17-7-9-18(10-8-17)24-21(27)16-5-2-4-15(12-16)20(26)22-13-19-6-3-11-28-19/h2,4-5,7-10,12,19H,3,6,11,13H2,1H3,(H,22,26)(H,23,25)(H,24,27). The minimum Gasteiger partial charge on any atom is -0.376 e. The number of hydrogen-bond donors (Lipinski definition) is 3. The molecule has 28 heavy (non-hydrogen) atoms. The van der Waals surface area contributed by atoms with Gasteiger partial charge in [0.1, 0.15) is 0 Å². The van der Waals surface area contributed by atoms with Crippen LogP contribution in [0, 0.1) is 0 Å². The SMILES string of the molecule is CC(=O)Nc1ccc(NC(=O)c2cccc(C(=O)NCC3CCCO3)c2)cc1. The van der Waals surface area contributed by atoms with E-state index < -0.39 is 0 Å². The van der Waals surface area contributed by atoms with E-state index in [0.29, 0.717) is 29.0 Å². The van der Waals surface area contributed by atoms with Gasteiger partial charge in [-0.3, -0.25) is 14.4 Å². The molecule has 7 heteroatoms. The number of anilines is 2. The Bertz CT molecular complexity index is 858. The summed E-state index contributed by atoms with van der Waals surface area (Å²) in [5.41, 5.74) is 2.05. The largest absolute Gasteiger partial charge is 0.376 e. The summed E-state index contributed by atoms with van der Waals surface area (Å²) in [5, 5.41) is 8.29. The normalized spacial score (nSPS) is 15.7. The quantitative estimate of drug-likeness (QED) is 0.717. The van der Waals surface area contributed by atoms with Gasteiger partial charge >= 0.3 is 0 Å². The van der Waals surface area contributed by atoms with Crippen molar-refractivity contribution in [2.45, 2.75) is 25.9 Å². The van der Waals surface area contributed by atoms with Crippen LogP contribution < -0.4 is 16.0 Å². The van der Waals surface area contributed by atoms with Crippen LogP contribution in [0.5, 0.6) is 0 Å². The summed E-state index contributed by atoms with van der Waals surface area (Å²) in [5.74, 6) is -0.711. The fraction of sp³-hybridized carbons (Fsp3) is 0.286. The van der Waals surface area contributed by atoms with Gasteiger partial charge in [0, 0.05) is 42.6 Å². The molecule has 1 saturated heterocycles. The maximum Gasteiger partial charge on any atom is 0.255 e. The molecule has 1 fully saturated rings. The second kappa shape index (κ2) is 9.14. The van der Waals surface area contributed by atoms with E-state index in [1.54, 1.807) is 48.5 Å². The van der Waals surface area contributed by atoms with Gasteiger partial charge in [0.25, 0.3) is 11.8 Å². The third-order valence-corrected chi connectivity index (χ3v) is 4.36. The summed E-state index contributed by atoms with van der Waals surface area (Å²) >= 11 is 0. The smallest absolute Gasteiger partial charge is 0.255 e. The second-order valence-corrected chi connectivity index (χ2v) is 6.64. The number of hydrogen-bond acceptors (Lipinski definition) is 4. The van der Waals surface area contributed by atoms with Crippen molar-refractivity contribution >= 4 is 29.1 Å². The molecule has 0 aliphatic carbocycles. The van der Waals surface area contributed by atoms with Crippen molar-refractivity contribution in [2.75, 3.05) is 23.8 Å². The van der Waals surface area contributed by atoms with Crippen molar-refractivity contribution in [3.63, 3.8) is 0 Å². The molecule has 2 aromatic rings. The van der Waals surface area contributed by atoms with Crippen LogP contribution in [0.15, 0.2) is 48.5 Å². The Morgan fingerprint density at radius 3 is 2.21 bits per heavy atom. The number of nitrogens with one attached hydrogen (secondary N) is 3. The molecule has 2 aromatic carbocycles. The zero-order valence-electron chi connectivity index (χ0n) is 15.7. The molecule has 1 unspecified atom stereocenters. The fourth-order valence-electron chi connectivity index (χ4n) is 2.96. The van der Waals surface area contributed by atoms with Crippen molar-refractivity contribution in [3.05, 3.63) is 59.7 Å². The predicted octanol–water partition coefficient (Wildman–Crippen LogP) is 2.81. The van der Waals surface area contributed by atoms with Crippen molar-refractivity contribution < 1.29 is 19.1 Å². The highest BCUT2D eigenvalue weighted by Gasteiger charge is 2.17. The van der Waals surface area contributed by atoms with E-state index in [2.05, 4.69) is 16.0 Å². The maximum absolute atomic E-state index is 12.5. The molecule has 1 heterocycles. The zero-order chi connectivity index (χ0) is 19.9. The third kappa shape index (κ3) is 5.40. The van der Waals surface area contributed by atoms with E-state index in [4.69, 9.17) is 4.74 Å². The molecule has 0 radical (unpaired) electrons. The summed E-state index contributed by atoms with van der Waals surface area (Å²) in [6.45, 7) is 2.64. The van der Waals surface area contributed by atoms with Crippen LogP contribution in [0.4, 0.5) is 11.4 Å². The van der Waals surface area contributed by atoms with Crippen molar-refractivity contribution in [3.8, 4) is 0 Å². The average Bonchev–Trinajstić information content (AvgIpc) is 3.21. The first-order valence-electron chi connectivity index (χ1n) is 9.20. The monoisotopic (exact) mass is 381 g/mol. The lowest BCUT2D eigenvalue weighted by atomic mass is 10.1. The van der Waals surface area contributed by atoms with Gasteiger partial charge in [-0.2, -0.15) is 0 Å². The van der Waals surface area contributed by atoms with Crippen molar-refractivity contribution in [2.24, 2.45) is 0 Å². The van der Waals surface area contributed by atoms with E-state index in [9.17, 15) is 14.4 Å². The van der Waals surface area contributed by atoms with E-state index >= 15 is 0 Å². The summed E-state index contributed by atoms with van der Waals surface area (Å²) in [6.07, 6.45) is 2.03. The van der Waals surface area contributed by atoms with Crippen LogP contribution >= 0.6 is 0 Å². The molecular formula is C21H23N3O4. The molecule has 1 aliphatic heterocycles. The number of ether oxygens (including phenoxy) is 1. The van der Waals surface area contributed by atoms with Gasteiger partial charge in [0.15, 0.2) is 0 Å². The molecule has 0 bridgehead atoms. The summed E-state index contributed by atoms with van der Waals surface area (Å²) in [6, 6.07) is 13.4. The van der Waals surface area contributed by atoms with E-state index in [-0.39, 0.29) is 23.8 Å². The molecule has 7 nitrogen and oxygen atoms in total. The minimum absolute atomic E-state index is 0.0656. The van der Waals surface area contributed by atoms with Crippen LogP contribution in [0.3, 0.4) is 0 Å². The molecule has 3 rings (SSSR count). The van der Waals surface area contributed by atoms with Crippen LogP contribution in [0.1, 0.15) is 40.5 Å². The highest BCUT2D eigenvalue weighted by atomic mass is 16.5. The van der Waals surface area contributed by atoms with Gasteiger partial charge in [-0.1, -0.05) is 6.07 Å². The topological polar surface area (TPSA) is 96.5 Å². The van der Waals surface area contributed by atoms with Gasteiger partial charge in [-0.15, -0.1) is 0 Å². The summed E-state index contributed by atoms with van der Waals surface area (Å²) < 4.78 is 5.50. The first-order chi connectivity index (χ1) is 13.5. The Hall–Kier alpha value is -3.19. The lowest BCUT2D eigenvalue weighted by Gasteiger charge is -2.11. The first-order valence-corrected chi connectivity index (χ1v) is 9.20. The van der Waals surface area contributed by atoms with Gasteiger partial charge in [0.2, 0.25) is 5.91 Å². The van der Waals surface area contributed by atoms with Crippen LogP contribution in [-0.4, -0.2) is 37.0 Å². The Balaban J connectivity index is 1.59. The number of benzene rings is 2. The Morgan fingerprint density at radius 2 is 1.61 bits per heavy atom. The molecule has 0 aromatic heterocycles. The maximum atomic E-state index is 12.5. The number of carbonyl (C=O) groups is 3.